The molecule has 8 heteroatoms. The molecule has 0 atom stereocenters. The molecule has 6 heterocycles. The second-order valence-corrected chi connectivity index (χ2v) is 24.2. The number of fused-ring (bicyclic) bond motifs is 12. The molecule has 4 aromatic heterocycles. The first kappa shape index (κ1) is 42.4. The number of rotatable bonds is 2. The summed E-state index contributed by atoms with van der Waals surface area (Å²) < 4.78 is 2.56. The van der Waals surface area contributed by atoms with Crippen molar-refractivity contribution in [2.24, 2.45) is 0 Å². The molecule has 2 aliphatic heterocycles. The maximum absolute atomic E-state index is 5.32. The van der Waals surface area contributed by atoms with Crippen LogP contribution in [0.5, 0.6) is 0 Å². The maximum Gasteiger partial charge on any atom is 0.275 e. The van der Waals surface area contributed by atoms with Gasteiger partial charge in [-0.3, -0.25) is 0 Å². The Balaban J connectivity index is 1.41. The smallest absolute Gasteiger partial charge is 0.275 e. The molecule has 0 aliphatic carbocycles. The Bertz CT molecular complexity index is 3340. The quantitative estimate of drug-likeness (QED) is 0.161. The average Bonchev–Trinajstić information content (AvgIpc) is 3.76. The normalized spacial score (nSPS) is 14.5. The Hall–Kier alpha value is -6.28. The van der Waals surface area contributed by atoms with E-state index in [1.54, 1.807) is 6.33 Å². The van der Waals surface area contributed by atoms with Crippen LogP contribution in [0.2, 0.25) is 0 Å². The van der Waals surface area contributed by atoms with Gasteiger partial charge in [-0.25, -0.2) is 19.9 Å². The van der Waals surface area contributed by atoms with Gasteiger partial charge in [-0.05, 0) is 97.3 Å². The van der Waals surface area contributed by atoms with Crippen LogP contribution in [0, 0.1) is 0 Å². The molecule has 0 bridgehead atoms. The van der Waals surface area contributed by atoms with Crippen molar-refractivity contribution < 1.29 is 0 Å². The molecule has 0 spiro atoms. The van der Waals surface area contributed by atoms with Crippen LogP contribution in [-0.4, -0.2) is 31.0 Å². The number of benzene rings is 5. The Morgan fingerprint density at radius 1 is 0.455 bits per heavy atom. The number of hydrogen-bond acceptors (Lipinski definition) is 6. The number of anilines is 6. The predicted octanol–water partition coefficient (Wildman–Crippen LogP) is 13.0. The minimum absolute atomic E-state index is 0.000855. The summed E-state index contributed by atoms with van der Waals surface area (Å²) in [5.74, 6) is 0.802. The van der Waals surface area contributed by atoms with Gasteiger partial charge in [0, 0.05) is 43.9 Å². The highest BCUT2D eigenvalue weighted by molar-refractivity contribution is 7.00. The molecule has 0 saturated carbocycles. The largest absolute Gasteiger partial charge is 0.311 e. The molecular formula is C58H62BN7. The van der Waals surface area contributed by atoms with E-state index in [0.717, 1.165) is 34.2 Å². The zero-order valence-corrected chi connectivity index (χ0v) is 41.5. The summed E-state index contributed by atoms with van der Waals surface area (Å²) in [5.41, 5.74) is 18.2. The molecule has 0 amide bonds. The average molecular weight is 868 g/mol. The lowest BCUT2D eigenvalue weighted by atomic mass is 9.34. The molecule has 9 aromatic rings. The third kappa shape index (κ3) is 6.15. The van der Waals surface area contributed by atoms with Crippen LogP contribution in [0.4, 0.5) is 34.1 Å². The van der Waals surface area contributed by atoms with Crippen LogP contribution < -0.4 is 26.3 Å². The summed E-state index contributed by atoms with van der Waals surface area (Å²) in [6.45, 7) is 34.0. The van der Waals surface area contributed by atoms with Gasteiger partial charge < -0.3 is 14.2 Å². The zero-order valence-electron chi connectivity index (χ0n) is 41.5. The summed E-state index contributed by atoms with van der Waals surface area (Å²) in [6, 6.07) is 30.9. The third-order valence-corrected chi connectivity index (χ3v) is 14.4. The molecular weight excluding hydrogens is 805 g/mol. The van der Waals surface area contributed by atoms with Gasteiger partial charge in [0.1, 0.15) is 12.2 Å². The van der Waals surface area contributed by atoms with Gasteiger partial charge in [-0.15, -0.1) is 0 Å². The van der Waals surface area contributed by atoms with Crippen molar-refractivity contribution >= 4 is 95.5 Å². The molecule has 66 heavy (non-hydrogen) atoms. The molecule has 0 radical (unpaired) electrons. The lowest BCUT2D eigenvalue weighted by Crippen LogP contribution is -2.62. The second kappa shape index (κ2) is 13.7. The lowest BCUT2D eigenvalue weighted by Gasteiger charge is -2.44. The van der Waals surface area contributed by atoms with Crippen LogP contribution in [0.1, 0.15) is 132 Å². The van der Waals surface area contributed by atoms with Crippen molar-refractivity contribution in [2.45, 2.75) is 131 Å². The van der Waals surface area contributed by atoms with Gasteiger partial charge in [-0.2, -0.15) is 0 Å². The summed E-state index contributed by atoms with van der Waals surface area (Å²) in [7, 11) is 0. The summed E-state index contributed by atoms with van der Waals surface area (Å²) in [4.78, 5) is 25.3. The van der Waals surface area contributed by atoms with Crippen molar-refractivity contribution in [3.05, 3.63) is 132 Å². The fourth-order valence-corrected chi connectivity index (χ4v) is 10.7. The molecule has 11 rings (SSSR count). The molecule has 5 aromatic carbocycles. The number of nitrogens with zero attached hydrogens (tertiary/aromatic N) is 7. The first-order chi connectivity index (χ1) is 30.9. The summed E-state index contributed by atoms with van der Waals surface area (Å²) in [5, 5.41) is 4.96. The van der Waals surface area contributed by atoms with E-state index >= 15 is 0 Å². The lowest BCUT2D eigenvalue weighted by molar-refractivity contribution is 0.545. The Labute approximate surface area is 390 Å². The molecule has 0 fully saturated rings. The fourth-order valence-electron chi connectivity index (χ4n) is 10.7. The van der Waals surface area contributed by atoms with Crippen LogP contribution in [0.3, 0.4) is 0 Å². The van der Waals surface area contributed by atoms with Crippen molar-refractivity contribution in [2.75, 3.05) is 9.80 Å². The minimum Gasteiger partial charge on any atom is -0.311 e. The van der Waals surface area contributed by atoms with E-state index in [9.17, 15) is 0 Å². The Morgan fingerprint density at radius 2 is 0.939 bits per heavy atom. The maximum atomic E-state index is 5.32. The van der Waals surface area contributed by atoms with Crippen molar-refractivity contribution in [3.8, 4) is 0 Å². The number of hydrogen-bond donors (Lipinski definition) is 0. The van der Waals surface area contributed by atoms with Gasteiger partial charge >= 0.3 is 0 Å². The van der Waals surface area contributed by atoms with E-state index in [1.165, 1.54) is 82.6 Å². The minimum atomic E-state index is -0.217. The van der Waals surface area contributed by atoms with Crippen LogP contribution in [0.25, 0.3) is 38.1 Å². The summed E-state index contributed by atoms with van der Waals surface area (Å²) >= 11 is 0. The Morgan fingerprint density at radius 3 is 1.45 bits per heavy atom. The van der Waals surface area contributed by atoms with E-state index in [1.807, 2.05) is 18.6 Å². The highest BCUT2D eigenvalue weighted by Gasteiger charge is 2.48. The third-order valence-electron chi connectivity index (χ3n) is 14.4. The molecule has 0 unspecified atom stereocenters. The highest BCUT2D eigenvalue weighted by atomic mass is 15.2. The first-order valence-corrected chi connectivity index (χ1v) is 23.7. The van der Waals surface area contributed by atoms with Crippen LogP contribution in [0.15, 0.2) is 104 Å². The highest BCUT2D eigenvalue weighted by Crippen LogP contribution is 2.55. The second-order valence-electron chi connectivity index (χ2n) is 24.2. The summed E-state index contributed by atoms with van der Waals surface area (Å²) in [6.07, 6.45) is 7.77. The zero-order chi connectivity index (χ0) is 46.8. The molecule has 2 aliphatic rings. The van der Waals surface area contributed by atoms with Gasteiger partial charge in [-0.1, -0.05) is 140 Å². The number of aromatic nitrogens is 5. The van der Waals surface area contributed by atoms with E-state index < -0.39 is 0 Å². The van der Waals surface area contributed by atoms with Gasteiger partial charge in [0.05, 0.1) is 57.9 Å². The van der Waals surface area contributed by atoms with Crippen molar-refractivity contribution in [1.29, 1.82) is 0 Å². The van der Waals surface area contributed by atoms with Crippen molar-refractivity contribution in [1.82, 2.24) is 24.3 Å². The monoisotopic (exact) mass is 868 g/mol. The van der Waals surface area contributed by atoms with E-state index in [0.29, 0.717) is 0 Å². The molecule has 0 saturated heterocycles. The molecule has 0 N–H and O–H groups in total. The van der Waals surface area contributed by atoms with Crippen LogP contribution in [-0.2, 0) is 27.1 Å². The standard InChI is InChI=1S/C58H62BN7/c1-54(2,3)33-16-21-37(22-17-33)64-44-25-20-36(57(10,11)12)28-41(44)59-48-50(64)46-39-26-34(55(4,5)6)18-23-42(39)66-43-24-19-35(56(7,8)9)27-40(43)47(49(46)66)51(48)65(45-31-60-32-63-52(45)59)38-29-61-53(62-30-38)58(13,14)15/h16-32H,1-15H3. The van der Waals surface area contributed by atoms with Gasteiger partial charge in [0.15, 0.2) is 0 Å². The van der Waals surface area contributed by atoms with Gasteiger partial charge in [0.2, 0.25) is 0 Å². The topological polar surface area (TPSA) is 62.5 Å². The fraction of sp³-hybridized carbons (Fsp3) is 0.345. The van der Waals surface area contributed by atoms with Crippen molar-refractivity contribution in [3.63, 3.8) is 0 Å². The molecule has 7 nitrogen and oxygen atoms in total. The van der Waals surface area contributed by atoms with Crippen LogP contribution >= 0.6 is 0 Å². The Kier molecular flexibility index (Phi) is 8.76. The predicted molar refractivity (Wildman–Crippen MR) is 280 cm³/mol. The van der Waals surface area contributed by atoms with E-state index in [2.05, 4.69) is 197 Å². The molecule has 332 valence electrons. The van der Waals surface area contributed by atoms with Gasteiger partial charge in [0.25, 0.3) is 6.71 Å². The SMILES string of the molecule is CC(C)(C)c1ccc(N2c3ccc(C(C)(C)C)cc3B3c4ncncc4N(c4cnc(C(C)(C)C)nc4)c4c3c2c2c3cc(C(C)(C)C)ccc3n3c5ccc(C(C)(C)C)cc5c4c23)cc1. The van der Waals surface area contributed by atoms with E-state index in [-0.39, 0.29) is 33.8 Å². The first-order valence-electron chi connectivity index (χ1n) is 23.7. The van der Waals surface area contributed by atoms with E-state index in [4.69, 9.17) is 19.9 Å².